The minimum Gasteiger partial charge on any atom is -0.377 e. The van der Waals surface area contributed by atoms with Gasteiger partial charge in [-0.15, -0.1) is 0 Å². The zero-order valence-electron chi connectivity index (χ0n) is 27.8. The summed E-state index contributed by atoms with van der Waals surface area (Å²) in [6, 6.07) is 10.1. The predicted octanol–water partition coefficient (Wildman–Crippen LogP) is 5.20. The van der Waals surface area contributed by atoms with Crippen LogP contribution in [0.2, 0.25) is 5.02 Å². The third kappa shape index (κ3) is 6.68. The van der Waals surface area contributed by atoms with Crippen LogP contribution < -0.4 is 5.32 Å². The van der Waals surface area contributed by atoms with E-state index in [4.69, 9.17) is 25.8 Å². The summed E-state index contributed by atoms with van der Waals surface area (Å²) in [6.07, 6.45) is 6.09. The van der Waals surface area contributed by atoms with E-state index in [-0.39, 0.29) is 52.7 Å². The van der Waals surface area contributed by atoms with Gasteiger partial charge in [0.25, 0.3) is 5.91 Å². The van der Waals surface area contributed by atoms with Crippen molar-refractivity contribution in [1.29, 1.82) is 0 Å². The van der Waals surface area contributed by atoms with Gasteiger partial charge in [-0.3, -0.25) is 19.4 Å². The molecule has 1 unspecified atom stereocenters. The van der Waals surface area contributed by atoms with Crippen LogP contribution in [0, 0.1) is 11.7 Å². The number of benzene rings is 2. The fraction of sp³-hybridized carbons (Fsp3) is 0.528. The number of halogens is 2. The van der Waals surface area contributed by atoms with E-state index in [1.54, 1.807) is 20.4 Å². The van der Waals surface area contributed by atoms with E-state index < -0.39 is 17.6 Å². The molecule has 3 aromatic rings. The largest absolute Gasteiger partial charge is 0.377 e. The third-order valence-electron chi connectivity index (χ3n) is 10.3. The zero-order chi connectivity index (χ0) is 34.0. The quantitative estimate of drug-likeness (QED) is 0.260. The number of likely N-dealkylation sites (tertiary alicyclic amines) is 2. The minimum atomic E-state index is -1.49. The average molecular weight is 683 g/mol. The molecule has 12 heteroatoms. The molecule has 1 aromatic heterocycles. The van der Waals surface area contributed by atoms with Gasteiger partial charge in [-0.25, -0.2) is 4.39 Å². The second-order valence-electron chi connectivity index (χ2n) is 13.2. The van der Waals surface area contributed by atoms with Gasteiger partial charge in [0, 0.05) is 76.9 Å². The average Bonchev–Trinajstić information content (AvgIpc) is 3.86. The number of hydrogen-bond donors (Lipinski definition) is 1. The lowest BCUT2D eigenvalue weighted by atomic mass is 9.88. The van der Waals surface area contributed by atoms with Crippen LogP contribution in [0.25, 0.3) is 10.9 Å². The van der Waals surface area contributed by atoms with Crippen LogP contribution in [0.5, 0.6) is 0 Å². The molecule has 0 spiro atoms. The van der Waals surface area contributed by atoms with Crippen molar-refractivity contribution in [3.05, 3.63) is 64.6 Å². The lowest BCUT2D eigenvalue weighted by Crippen LogP contribution is -2.67. The Hall–Kier alpha value is -3.19. The number of aromatic nitrogens is 1. The maximum atomic E-state index is 15.9. The zero-order valence-corrected chi connectivity index (χ0v) is 28.5. The summed E-state index contributed by atoms with van der Waals surface area (Å²) in [5.74, 6) is -2.89. The van der Waals surface area contributed by atoms with Gasteiger partial charge in [0.1, 0.15) is 12.1 Å². The number of fused-ring (bicyclic) bond motifs is 1. The van der Waals surface area contributed by atoms with Gasteiger partial charge >= 0.3 is 0 Å². The molecule has 3 atom stereocenters. The Morgan fingerprint density at radius 3 is 2.33 bits per heavy atom. The molecule has 3 aliphatic rings. The highest BCUT2D eigenvalue weighted by molar-refractivity contribution is 6.34. The monoisotopic (exact) mass is 682 g/mol. The molecule has 48 heavy (non-hydrogen) atoms. The Morgan fingerprint density at radius 2 is 1.69 bits per heavy atom. The molecule has 1 aliphatic carbocycles. The fourth-order valence-corrected chi connectivity index (χ4v) is 7.86. The number of Topliss-reactive ketones (excluding diaryl/α,β-unsaturated/α-hetero) is 1. The van der Waals surface area contributed by atoms with E-state index in [2.05, 4.69) is 10.2 Å². The Bertz CT molecular complexity index is 1640. The standard InChI is InChI=1S/C36H44ClFN4O6/c1-40-19-27(26-8-4-5-9-31(26)40)35(45)39-30-18-29(38)24(16-28(30)37)17-34(44)36(41-14-6-7-15-41,42-20-32(46-2)33(21-42)47-3)48-25-12-10-23(22-43)11-13-25/h4-5,8-9,16,18-19,22-23,25,32-33H,6-7,10-15,17,20-21H2,1-3H3,(H,39,45)/t23?,25?,32-,33+,36?. The second kappa shape index (κ2) is 14.7. The van der Waals surface area contributed by atoms with Crippen LogP contribution >= 0.6 is 11.6 Å². The van der Waals surface area contributed by atoms with Crippen molar-refractivity contribution >= 4 is 46.2 Å². The second-order valence-corrected chi connectivity index (χ2v) is 13.6. The Balaban J connectivity index is 1.30. The molecule has 3 fully saturated rings. The van der Waals surface area contributed by atoms with Crippen molar-refractivity contribution in [2.24, 2.45) is 13.0 Å². The smallest absolute Gasteiger partial charge is 0.257 e. The highest BCUT2D eigenvalue weighted by Gasteiger charge is 2.56. The van der Waals surface area contributed by atoms with Crippen molar-refractivity contribution in [3.8, 4) is 0 Å². The Kier molecular flexibility index (Phi) is 10.6. The minimum absolute atomic E-state index is 0.0138. The van der Waals surface area contributed by atoms with E-state index in [0.29, 0.717) is 57.4 Å². The number of nitrogens with one attached hydrogen (secondary N) is 1. The first-order chi connectivity index (χ1) is 23.2. The fourth-order valence-electron chi connectivity index (χ4n) is 7.63. The van der Waals surface area contributed by atoms with Crippen LogP contribution in [-0.4, -0.2) is 96.9 Å². The molecule has 10 nitrogen and oxygen atoms in total. The molecule has 0 bridgehead atoms. The molecular formula is C36H44ClFN4O6. The molecule has 258 valence electrons. The molecule has 2 saturated heterocycles. The van der Waals surface area contributed by atoms with E-state index in [0.717, 1.165) is 30.0 Å². The Labute approximate surface area is 285 Å². The number of carbonyl (C=O) groups excluding carboxylic acids is 3. The first-order valence-corrected chi connectivity index (χ1v) is 17.1. The summed E-state index contributed by atoms with van der Waals surface area (Å²) in [6.45, 7) is 2.07. The van der Waals surface area contributed by atoms with Gasteiger partial charge in [-0.2, -0.15) is 0 Å². The lowest BCUT2D eigenvalue weighted by molar-refractivity contribution is -0.253. The van der Waals surface area contributed by atoms with E-state index >= 15 is 4.39 Å². The van der Waals surface area contributed by atoms with E-state index in [9.17, 15) is 14.4 Å². The number of para-hydroxylation sites is 1. The van der Waals surface area contributed by atoms with Crippen LogP contribution in [0.4, 0.5) is 10.1 Å². The number of rotatable bonds is 12. The first-order valence-electron chi connectivity index (χ1n) is 16.7. The molecule has 2 aromatic carbocycles. The van der Waals surface area contributed by atoms with Gasteiger partial charge in [0.2, 0.25) is 5.85 Å². The summed E-state index contributed by atoms with van der Waals surface area (Å²) >= 11 is 6.66. The van der Waals surface area contributed by atoms with Crippen molar-refractivity contribution in [1.82, 2.24) is 14.4 Å². The highest BCUT2D eigenvalue weighted by atomic mass is 35.5. The number of hydrogen-bond acceptors (Lipinski definition) is 8. The van der Waals surface area contributed by atoms with Gasteiger partial charge in [-0.1, -0.05) is 29.8 Å². The van der Waals surface area contributed by atoms with Gasteiger partial charge in [0.15, 0.2) is 5.78 Å². The number of ketones is 1. The van der Waals surface area contributed by atoms with Crippen LogP contribution in [0.3, 0.4) is 0 Å². The van der Waals surface area contributed by atoms with Crippen molar-refractivity contribution in [2.45, 2.75) is 69.1 Å². The summed E-state index contributed by atoms with van der Waals surface area (Å²) in [7, 11) is 5.10. The Morgan fingerprint density at radius 1 is 1.02 bits per heavy atom. The third-order valence-corrected chi connectivity index (χ3v) is 10.6. The highest BCUT2D eigenvalue weighted by Crippen LogP contribution is 2.38. The van der Waals surface area contributed by atoms with E-state index in [1.807, 2.05) is 40.8 Å². The van der Waals surface area contributed by atoms with Gasteiger partial charge in [0.05, 0.1) is 34.6 Å². The number of carbonyl (C=O) groups is 3. The van der Waals surface area contributed by atoms with Crippen molar-refractivity contribution in [2.75, 3.05) is 45.7 Å². The van der Waals surface area contributed by atoms with Crippen molar-refractivity contribution < 1.29 is 33.0 Å². The molecule has 6 rings (SSSR count). The summed E-state index contributed by atoms with van der Waals surface area (Å²) in [5, 5.41) is 3.64. The maximum Gasteiger partial charge on any atom is 0.257 e. The molecule has 1 saturated carbocycles. The maximum absolute atomic E-state index is 15.9. The predicted molar refractivity (Wildman–Crippen MR) is 181 cm³/mol. The first kappa shape index (κ1) is 34.7. The number of nitrogens with zero attached hydrogens (tertiary/aromatic N) is 3. The summed E-state index contributed by atoms with van der Waals surface area (Å²) in [4.78, 5) is 43.6. The molecule has 1 amide bonds. The van der Waals surface area contributed by atoms with Crippen LogP contribution in [0.1, 0.15) is 54.4 Å². The number of anilines is 1. The lowest BCUT2D eigenvalue weighted by Gasteiger charge is -2.48. The van der Waals surface area contributed by atoms with Gasteiger partial charge in [-0.05, 0) is 62.3 Å². The van der Waals surface area contributed by atoms with E-state index in [1.165, 1.54) is 12.1 Å². The topological polar surface area (TPSA) is 102 Å². The van der Waals surface area contributed by atoms with Gasteiger partial charge < -0.3 is 28.9 Å². The SMILES string of the molecule is CO[C@H]1CN(C(OC2CCC(C=O)CC2)(C(=O)Cc2cc(Cl)c(NC(=O)c3cn(C)c4ccccc34)cc2F)N2CCCC2)C[C@H]1OC. The molecule has 2 aliphatic heterocycles. The molecule has 3 heterocycles. The number of ether oxygens (including phenoxy) is 3. The number of aldehydes is 1. The number of methoxy groups -OCH3 is 2. The normalized spacial score (nSPS) is 24.9. The molecule has 0 radical (unpaired) electrons. The summed E-state index contributed by atoms with van der Waals surface area (Å²) < 4.78 is 36.2. The van der Waals surface area contributed by atoms with Crippen molar-refractivity contribution in [3.63, 3.8) is 0 Å². The number of aryl methyl sites for hydroxylation is 1. The summed E-state index contributed by atoms with van der Waals surface area (Å²) in [5.41, 5.74) is 1.55. The van der Waals surface area contributed by atoms with Crippen LogP contribution in [0.15, 0.2) is 42.6 Å². The molecule has 1 N–H and O–H groups in total. The molecular weight excluding hydrogens is 639 g/mol. The number of amides is 1. The van der Waals surface area contributed by atoms with Crippen LogP contribution in [-0.2, 0) is 37.3 Å².